The van der Waals surface area contributed by atoms with Gasteiger partial charge in [-0.1, -0.05) is 61.7 Å². The fraction of sp³-hybridized carbons (Fsp3) is 0.429. The van der Waals surface area contributed by atoms with E-state index in [0.717, 1.165) is 73.2 Å². The zero-order chi connectivity index (χ0) is 24.1. The summed E-state index contributed by atoms with van der Waals surface area (Å²) in [6.07, 6.45) is 2.84. The van der Waals surface area contributed by atoms with Crippen LogP contribution in [0.1, 0.15) is 47.7 Å². The highest BCUT2D eigenvalue weighted by molar-refractivity contribution is 6.05. The number of esters is 1. The summed E-state index contributed by atoms with van der Waals surface area (Å²) in [5.41, 5.74) is 3.55. The van der Waals surface area contributed by atoms with Gasteiger partial charge in [0.25, 0.3) is 5.56 Å². The van der Waals surface area contributed by atoms with E-state index < -0.39 is 5.97 Å². The molecule has 0 amide bonds. The number of pyridine rings is 1. The van der Waals surface area contributed by atoms with E-state index in [1.54, 1.807) is 4.57 Å². The molecule has 3 aromatic rings. The van der Waals surface area contributed by atoms with Crippen LogP contribution in [-0.4, -0.2) is 55.3 Å². The van der Waals surface area contributed by atoms with E-state index in [1.807, 2.05) is 49.4 Å². The SMILES string of the molecule is CCCCCOC(=O)c1c(N2CCN(C)CC2)c2cc(C)ccc2n(Cc2ccccc2)c1=O. The van der Waals surface area contributed by atoms with Crippen molar-refractivity contribution in [1.82, 2.24) is 9.47 Å². The van der Waals surface area contributed by atoms with Crippen molar-refractivity contribution in [2.75, 3.05) is 44.7 Å². The van der Waals surface area contributed by atoms with E-state index in [0.29, 0.717) is 13.2 Å². The summed E-state index contributed by atoms with van der Waals surface area (Å²) < 4.78 is 7.39. The van der Waals surface area contributed by atoms with Crippen LogP contribution in [0.3, 0.4) is 0 Å². The lowest BCUT2D eigenvalue weighted by molar-refractivity contribution is 0.0496. The standard InChI is InChI=1S/C28H35N3O3/c1-4-5-9-18-34-28(33)25-26(30-16-14-29(3)15-17-30)23-19-21(2)12-13-24(23)31(27(25)32)20-22-10-7-6-8-11-22/h6-8,10-13,19H,4-5,9,14-18,20H2,1-3H3. The number of hydrogen-bond acceptors (Lipinski definition) is 5. The second-order valence-electron chi connectivity index (χ2n) is 9.25. The van der Waals surface area contributed by atoms with Crippen molar-refractivity contribution in [1.29, 1.82) is 0 Å². The van der Waals surface area contributed by atoms with Crippen molar-refractivity contribution in [3.8, 4) is 0 Å². The van der Waals surface area contributed by atoms with E-state index in [9.17, 15) is 9.59 Å². The van der Waals surface area contributed by atoms with Crippen LogP contribution in [0.15, 0.2) is 53.3 Å². The highest BCUT2D eigenvalue weighted by Gasteiger charge is 2.28. The molecule has 0 atom stereocenters. The summed E-state index contributed by atoms with van der Waals surface area (Å²) in [5, 5.41) is 0.931. The largest absolute Gasteiger partial charge is 0.462 e. The highest BCUT2D eigenvalue weighted by Crippen LogP contribution is 2.31. The number of hydrogen-bond donors (Lipinski definition) is 0. The lowest BCUT2D eigenvalue weighted by atomic mass is 10.0. The lowest BCUT2D eigenvalue weighted by Crippen LogP contribution is -2.46. The van der Waals surface area contributed by atoms with Crippen molar-refractivity contribution in [3.63, 3.8) is 0 Å². The molecule has 0 spiro atoms. The third kappa shape index (κ3) is 5.17. The molecule has 1 fully saturated rings. The Morgan fingerprint density at radius 3 is 2.44 bits per heavy atom. The molecule has 4 rings (SSSR count). The van der Waals surface area contributed by atoms with Crippen LogP contribution >= 0.6 is 0 Å². The Kier molecular flexibility index (Phi) is 7.68. The monoisotopic (exact) mass is 461 g/mol. The molecule has 180 valence electrons. The van der Waals surface area contributed by atoms with Gasteiger partial charge >= 0.3 is 5.97 Å². The summed E-state index contributed by atoms with van der Waals surface area (Å²) in [7, 11) is 2.10. The molecule has 1 aliphatic rings. The topological polar surface area (TPSA) is 54.8 Å². The summed E-state index contributed by atoms with van der Waals surface area (Å²) in [5.74, 6) is -0.514. The highest BCUT2D eigenvalue weighted by atomic mass is 16.5. The smallest absolute Gasteiger partial charge is 0.345 e. The Morgan fingerprint density at radius 2 is 1.74 bits per heavy atom. The molecule has 0 aliphatic carbocycles. The molecular formula is C28H35N3O3. The first kappa shape index (κ1) is 24.0. The first-order valence-electron chi connectivity index (χ1n) is 12.3. The molecule has 34 heavy (non-hydrogen) atoms. The van der Waals surface area contributed by atoms with Gasteiger partial charge in [0.2, 0.25) is 0 Å². The number of rotatable bonds is 8. The Morgan fingerprint density at radius 1 is 1.00 bits per heavy atom. The van der Waals surface area contributed by atoms with Crippen molar-refractivity contribution < 1.29 is 9.53 Å². The van der Waals surface area contributed by atoms with Gasteiger partial charge in [-0.3, -0.25) is 4.79 Å². The number of ether oxygens (including phenoxy) is 1. The number of fused-ring (bicyclic) bond motifs is 1. The number of benzene rings is 2. The Bertz CT molecular complexity index is 1190. The van der Waals surface area contributed by atoms with E-state index in [4.69, 9.17) is 4.74 Å². The second-order valence-corrected chi connectivity index (χ2v) is 9.25. The third-order valence-electron chi connectivity index (χ3n) is 6.58. The third-order valence-corrected chi connectivity index (χ3v) is 6.58. The number of aryl methyl sites for hydroxylation is 1. The van der Waals surface area contributed by atoms with E-state index in [1.165, 1.54) is 0 Å². The molecule has 0 bridgehead atoms. The number of piperazine rings is 1. The fourth-order valence-corrected chi connectivity index (χ4v) is 4.61. The lowest BCUT2D eigenvalue weighted by Gasteiger charge is -2.35. The molecule has 2 aromatic carbocycles. The maximum atomic E-state index is 14.0. The average molecular weight is 462 g/mol. The number of aromatic nitrogens is 1. The fourth-order valence-electron chi connectivity index (χ4n) is 4.61. The van der Waals surface area contributed by atoms with Gasteiger partial charge in [0, 0.05) is 31.6 Å². The van der Waals surface area contributed by atoms with E-state index in [-0.39, 0.29) is 11.1 Å². The molecule has 0 N–H and O–H groups in total. The number of likely N-dealkylation sites (N-methyl/N-ethyl adjacent to an activating group) is 1. The molecule has 2 heterocycles. The van der Waals surface area contributed by atoms with Gasteiger partial charge < -0.3 is 19.1 Å². The van der Waals surface area contributed by atoms with Gasteiger partial charge in [-0.15, -0.1) is 0 Å². The van der Waals surface area contributed by atoms with Gasteiger partial charge in [0.1, 0.15) is 5.56 Å². The van der Waals surface area contributed by atoms with Gasteiger partial charge in [-0.25, -0.2) is 4.79 Å². The Labute approximate surface area is 201 Å². The van der Waals surface area contributed by atoms with Gasteiger partial charge in [0.05, 0.1) is 24.4 Å². The maximum Gasteiger partial charge on any atom is 0.345 e. The zero-order valence-corrected chi connectivity index (χ0v) is 20.5. The van der Waals surface area contributed by atoms with E-state index >= 15 is 0 Å². The van der Waals surface area contributed by atoms with Crippen LogP contribution in [-0.2, 0) is 11.3 Å². The number of carbonyl (C=O) groups is 1. The minimum Gasteiger partial charge on any atom is -0.462 e. The predicted molar refractivity (Wildman–Crippen MR) is 138 cm³/mol. The van der Waals surface area contributed by atoms with Crippen LogP contribution < -0.4 is 10.5 Å². The molecule has 6 nitrogen and oxygen atoms in total. The predicted octanol–water partition coefficient (Wildman–Crippen LogP) is 4.46. The first-order valence-corrected chi connectivity index (χ1v) is 12.3. The first-order chi connectivity index (χ1) is 16.5. The Hall–Kier alpha value is -3.12. The maximum absolute atomic E-state index is 14.0. The second kappa shape index (κ2) is 10.9. The average Bonchev–Trinajstić information content (AvgIpc) is 2.84. The molecule has 0 radical (unpaired) electrons. The van der Waals surface area contributed by atoms with Crippen molar-refractivity contribution in [2.24, 2.45) is 0 Å². The molecule has 6 heteroatoms. The van der Waals surface area contributed by atoms with E-state index in [2.05, 4.69) is 29.8 Å². The molecule has 0 saturated carbocycles. The van der Waals surface area contributed by atoms with Crippen LogP contribution in [0.2, 0.25) is 0 Å². The molecular weight excluding hydrogens is 426 g/mol. The Balaban J connectivity index is 1.89. The van der Waals surface area contributed by atoms with Gasteiger partial charge in [-0.2, -0.15) is 0 Å². The molecule has 1 aromatic heterocycles. The van der Waals surface area contributed by atoms with Crippen molar-refractivity contribution in [2.45, 2.75) is 39.7 Å². The number of nitrogens with zero attached hydrogens (tertiary/aromatic N) is 3. The van der Waals surface area contributed by atoms with Crippen LogP contribution in [0.5, 0.6) is 0 Å². The molecule has 1 aliphatic heterocycles. The zero-order valence-electron chi connectivity index (χ0n) is 20.5. The van der Waals surface area contributed by atoms with Crippen LogP contribution in [0.4, 0.5) is 5.69 Å². The normalized spacial score (nSPS) is 14.5. The van der Waals surface area contributed by atoms with Crippen LogP contribution in [0.25, 0.3) is 10.9 Å². The molecule has 1 saturated heterocycles. The number of unbranched alkanes of at least 4 members (excludes halogenated alkanes) is 2. The van der Waals surface area contributed by atoms with Crippen molar-refractivity contribution >= 4 is 22.6 Å². The van der Waals surface area contributed by atoms with Crippen molar-refractivity contribution in [3.05, 3.63) is 75.6 Å². The minimum absolute atomic E-state index is 0.162. The molecule has 0 unspecified atom stereocenters. The van der Waals surface area contributed by atoms with Gasteiger partial charge in [-0.05, 0) is 38.1 Å². The minimum atomic E-state index is -0.514. The van der Waals surface area contributed by atoms with Gasteiger partial charge in [0.15, 0.2) is 0 Å². The van der Waals surface area contributed by atoms with Crippen LogP contribution in [0, 0.1) is 6.92 Å². The number of anilines is 1. The summed E-state index contributed by atoms with van der Waals surface area (Å²) in [6.45, 7) is 8.17. The number of carbonyl (C=O) groups excluding carboxylic acids is 1. The summed E-state index contributed by atoms with van der Waals surface area (Å²) in [4.78, 5) is 31.8. The quantitative estimate of drug-likeness (QED) is 0.366. The summed E-state index contributed by atoms with van der Waals surface area (Å²) >= 11 is 0. The summed E-state index contributed by atoms with van der Waals surface area (Å²) in [6, 6.07) is 16.0.